The van der Waals surface area contributed by atoms with Crippen LogP contribution in [-0.4, -0.2) is 20.0 Å². The van der Waals surface area contributed by atoms with Crippen LogP contribution in [-0.2, 0) is 6.54 Å². The number of H-pyrrole nitrogens is 1. The summed E-state index contributed by atoms with van der Waals surface area (Å²) in [5.74, 6) is 0.734. The minimum atomic E-state index is -0.454. The number of nitrogens with one attached hydrogen (secondary N) is 3. The first-order valence-corrected chi connectivity index (χ1v) is 7.26. The number of nitro groups is 1. The fraction of sp³-hybridized carbons (Fsp3) is 0.0667. The lowest BCUT2D eigenvalue weighted by Gasteiger charge is -2.09. The Bertz CT molecular complexity index is 844. The summed E-state index contributed by atoms with van der Waals surface area (Å²) >= 11 is 5.18. The van der Waals surface area contributed by atoms with Gasteiger partial charge in [0, 0.05) is 6.07 Å². The SMILES string of the molecule is O=[N+]([O-])c1ccccc1NC(=S)NCc1nc2ccccc2[nH]1. The van der Waals surface area contributed by atoms with Crippen molar-refractivity contribution in [1.29, 1.82) is 0 Å². The van der Waals surface area contributed by atoms with E-state index in [-0.39, 0.29) is 5.69 Å². The maximum Gasteiger partial charge on any atom is 0.292 e. The van der Waals surface area contributed by atoms with Gasteiger partial charge in [-0.05, 0) is 30.4 Å². The molecule has 2 aromatic carbocycles. The number of imidazole rings is 1. The molecule has 3 aromatic rings. The Morgan fingerprint density at radius 2 is 1.96 bits per heavy atom. The van der Waals surface area contributed by atoms with Crippen molar-refractivity contribution < 1.29 is 4.92 Å². The largest absolute Gasteiger partial charge is 0.355 e. The van der Waals surface area contributed by atoms with Gasteiger partial charge in [-0.15, -0.1) is 0 Å². The van der Waals surface area contributed by atoms with Crippen LogP contribution in [0.3, 0.4) is 0 Å². The van der Waals surface area contributed by atoms with Gasteiger partial charge in [-0.2, -0.15) is 0 Å². The zero-order valence-electron chi connectivity index (χ0n) is 11.9. The molecule has 0 bridgehead atoms. The highest BCUT2D eigenvalue weighted by molar-refractivity contribution is 7.80. The van der Waals surface area contributed by atoms with Gasteiger partial charge in [0.05, 0.1) is 22.5 Å². The number of nitrogens with zero attached hydrogens (tertiary/aromatic N) is 2. The van der Waals surface area contributed by atoms with E-state index in [4.69, 9.17) is 12.2 Å². The molecule has 0 aliphatic rings. The van der Waals surface area contributed by atoms with E-state index in [0.717, 1.165) is 16.9 Å². The molecule has 0 aliphatic heterocycles. The van der Waals surface area contributed by atoms with E-state index >= 15 is 0 Å². The van der Waals surface area contributed by atoms with Crippen molar-refractivity contribution in [3.05, 3.63) is 64.5 Å². The van der Waals surface area contributed by atoms with Crippen LogP contribution in [0.2, 0.25) is 0 Å². The van der Waals surface area contributed by atoms with Crippen LogP contribution in [0.25, 0.3) is 11.0 Å². The van der Waals surface area contributed by atoms with Gasteiger partial charge in [-0.25, -0.2) is 4.98 Å². The van der Waals surface area contributed by atoms with Crippen LogP contribution >= 0.6 is 12.2 Å². The molecule has 1 heterocycles. The summed E-state index contributed by atoms with van der Waals surface area (Å²) in [6.45, 7) is 0.390. The number of hydrogen-bond donors (Lipinski definition) is 3. The number of hydrogen-bond acceptors (Lipinski definition) is 4. The van der Waals surface area contributed by atoms with E-state index in [2.05, 4.69) is 20.6 Å². The third-order valence-electron chi connectivity index (χ3n) is 3.20. The van der Waals surface area contributed by atoms with E-state index in [1.807, 2.05) is 24.3 Å². The number of anilines is 1. The first kappa shape index (κ1) is 14.9. The lowest BCUT2D eigenvalue weighted by molar-refractivity contribution is -0.383. The van der Waals surface area contributed by atoms with Gasteiger partial charge in [0.15, 0.2) is 5.11 Å². The quantitative estimate of drug-likeness (QED) is 0.387. The van der Waals surface area contributed by atoms with Crippen molar-refractivity contribution in [1.82, 2.24) is 15.3 Å². The molecule has 0 spiro atoms. The van der Waals surface area contributed by atoms with Crippen LogP contribution in [0.4, 0.5) is 11.4 Å². The molecule has 23 heavy (non-hydrogen) atoms. The first-order valence-electron chi connectivity index (χ1n) is 6.85. The van der Waals surface area contributed by atoms with Crippen LogP contribution in [0.15, 0.2) is 48.5 Å². The Kier molecular flexibility index (Phi) is 4.15. The second kappa shape index (κ2) is 6.41. The van der Waals surface area contributed by atoms with Crippen molar-refractivity contribution in [2.75, 3.05) is 5.32 Å². The Morgan fingerprint density at radius 1 is 1.22 bits per heavy atom. The van der Waals surface area contributed by atoms with Crippen molar-refractivity contribution >= 4 is 39.7 Å². The third kappa shape index (κ3) is 3.43. The fourth-order valence-electron chi connectivity index (χ4n) is 2.16. The summed E-state index contributed by atoms with van der Waals surface area (Å²) in [6, 6.07) is 14.0. The van der Waals surface area contributed by atoms with E-state index in [1.165, 1.54) is 6.07 Å². The zero-order valence-corrected chi connectivity index (χ0v) is 12.8. The predicted octanol–water partition coefficient (Wildman–Crippen LogP) is 2.96. The smallest absolute Gasteiger partial charge is 0.292 e. The number of fused-ring (bicyclic) bond motifs is 1. The van der Waals surface area contributed by atoms with Crippen molar-refractivity contribution in [3.8, 4) is 0 Å². The lowest BCUT2D eigenvalue weighted by atomic mass is 10.3. The Balaban J connectivity index is 1.65. The average Bonchev–Trinajstić information content (AvgIpc) is 2.96. The molecule has 7 nitrogen and oxygen atoms in total. The molecular formula is C15H13N5O2S. The van der Waals surface area contributed by atoms with E-state index in [9.17, 15) is 10.1 Å². The molecular weight excluding hydrogens is 314 g/mol. The predicted molar refractivity (Wildman–Crippen MR) is 92.3 cm³/mol. The summed E-state index contributed by atoms with van der Waals surface area (Å²) in [5, 5.41) is 17.1. The molecule has 8 heteroatoms. The van der Waals surface area contributed by atoms with E-state index in [1.54, 1.807) is 18.2 Å². The molecule has 0 radical (unpaired) electrons. The molecule has 116 valence electrons. The molecule has 1 aromatic heterocycles. The summed E-state index contributed by atoms with van der Waals surface area (Å²) < 4.78 is 0. The van der Waals surface area contributed by atoms with Crippen molar-refractivity contribution in [2.24, 2.45) is 0 Å². The number of thiocarbonyl (C=S) groups is 1. The molecule has 0 amide bonds. The van der Waals surface area contributed by atoms with Gasteiger partial charge in [-0.1, -0.05) is 24.3 Å². The third-order valence-corrected chi connectivity index (χ3v) is 3.45. The molecule has 3 rings (SSSR count). The van der Waals surface area contributed by atoms with Crippen molar-refractivity contribution in [3.63, 3.8) is 0 Å². The molecule has 0 atom stereocenters. The monoisotopic (exact) mass is 327 g/mol. The van der Waals surface area contributed by atoms with Crippen LogP contribution in [0.1, 0.15) is 5.82 Å². The maximum absolute atomic E-state index is 11.0. The first-order chi connectivity index (χ1) is 11.1. The highest BCUT2D eigenvalue weighted by Crippen LogP contribution is 2.22. The average molecular weight is 327 g/mol. The summed E-state index contributed by atoms with van der Waals surface area (Å²) in [6.07, 6.45) is 0. The highest BCUT2D eigenvalue weighted by atomic mass is 32.1. The van der Waals surface area contributed by atoms with Crippen LogP contribution in [0.5, 0.6) is 0 Å². The summed E-state index contributed by atoms with van der Waals surface area (Å²) in [5.41, 5.74) is 2.14. The van der Waals surface area contributed by atoms with Gasteiger partial charge >= 0.3 is 0 Å². The van der Waals surface area contributed by atoms with Crippen LogP contribution < -0.4 is 10.6 Å². The van der Waals surface area contributed by atoms with Crippen LogP contribution in [0, 0.1) is 10.1 Å². The van der Waals surface area contributed by atoms with Gasteiger partial charge in [0.25, 0.3) is 5.69 Å². The fourth-order valence-corrected chi connectivity index (χ4v) is 2.34. The number of nitro benzene ring substituents is 1. The highest BCUT2D eigenvalue weighted by Gasteiger charge is 2.13. The molecule has 3 N–H and O–H groups in total. The maximum atomic E-state index is 11.0. The second-order valence-electron chi connectivity index (χ2n) is 4.78. The van der Waals surface area contributed by atoms with Gasteiger partial charge < -0.3 is 15.6 Å². The molecule has 0 saturated heterocycles. The second-order valence-corrected chi connectivity index (χ2v) is 5.19. The topological polar surface area (TPSA) is 95.9 Å². The minimum absolute atomic E-state index is 0.0274. The molecule has 0 aliphatic carbocycles. The lowest BCUT2D eigenvalue weighted by Crippen LogP contribution is -2.28. The number of aromatic amines is 1. The van der Waals surface area contributed by atoms with Gasteiger partial charge in [-0.3, -0.25) is 10.1 Å². The Labute approximate surface area is 136 Å². The number of aromatic nitrogens is 2. The number of para-hydroxylation sites is 4. The standard InChI is InChI=1S/C15H13N5O2S/c21-20(22)13-8-4-3-7-12(13)19-15(23)16-9-14-17-10-5-1-2-6-11(10)18-14/h1-8H,9H2,(H,17,18)(H2,16,19,23). The number of benzene rings is 2. The minimum Gasteiger partial charge on any atom is -0.355 e. The Hall–Kier alpha value is -3.00. The summed E-state index contributed by atoms with van der Waals surface area (Å²) in [7, 11) is 0. The molecule has 0 unspecified atom stereocenters. The number of rotatable bonds is 4. The molecule has 0 fully saturated rings. The van der Waals surface area contributed by atoms with Crippen molar-refractivity contribution in [2.45, 2.75) is 6.54 Å². The Morgan fingerprint density at radius 3 is 2.74 bits per heavy atom. The summed E-state index contributed by atoms with van der Waals surface area (Å²) in [4.78, 5) is 18.1. The van der Waals surface area contributed by atoms with E-state index in [0.29, 0.717) is 17.3 Å². The molecule has 0 saturated carbocycles. The zero-order chi connectivity index (χ0) is 16.2. The van der Waals surface area contributed by atoms with Gasteiger partial charge in [0.2, 0.25) is 0 Å². The normalized spacial score (nSPS) is 10.4. The van der Waals surface area contributed by atoms with Gasteiger partial charge in [0.1, 0.15) is 11.5 Å². The van der Waals surface area contributed by atoms with E-state index < -0.39 is 4.92 Å².